The Balaban J connectivity index is 0.00000156. The summed E-state index contributed by atoms with van der Waals surface area (Å²) in [5, 5.41) is 0. The third-order valence-corrected chi connectivity index (χ3v) is 6.29. The normalized spacial score (nSPS) is 27.3. The van der Waals surface area contributed by atoms with E-state index in [0.29, 0.717) is 6.54 Å². The number of nitrogens with zero attached hydrogens (tertiary/aromatic N) is 2. The molecule has 0 N–H and O–H groups in total. The van der Waals surface area contributed by atoms with Gasteiger partial charge in [-0.15, -0.1) is 12.4 Å². The molecule has 1 aromatic heterocycles. The van der Waals surface area contributed by atoms with Crippen LogP contribution >= 0.6 is 12.4 Å². The molecule has 1 aliphatic heterocycles. The van der Waals surface area contributed by atoms with Crippen LogP contribution in [0.4, 0.5) is 0 Å². The molecule has 5 heteroatoms. The Bertz CT molecular complexity index is 854. The lowest BCUT2D eigenvalue weighted by Crippen LogP contribution is -2.40. The number of hydrogen-bond donors (Lipinski definition) is 0. The van der Waals surface area contributed by atoms with Gasteiger partial charge in [-0.05, 0) is 24.1 Å². The van der Waals surface area contributed by atoms with Crippen LogP contribution in [0.5, 0.6) is 0 Å². The van der Waals surface area contributed by atoms with Gasteiger partial charge in [0, 0.05) is 17.3 Å². The van der Waals surface area contributed by atoms with E-state index in [4.69, 9.17) is 0 Å². The molecular formula is C18H17ClN2OS. The molecule has 0 fully saturated rings. The van der Waals surface area contributed by atoms with E-state index in [1.807, 2.05) is 42.0 Å². The highest BCUT2D eigenvalue weighted by Crippen LogP contribution is 2.44. The average molecular weight is 345 g/mol. The van der Waals surface area contributed by atoms with Crippen molar-refractivity contribution < 1.29 is 4.21 Å². The molecule has 0 radical (unpaired) electrons. The Morgan fingerprint density at radius 2 is 1.91 bits per heavy atom. The molecule has 0 saturated heterocycles. The summed E-state index contributed by atoms with van der Waals surface area (Å²) in [6.45, 7) is 2.57. The Kier molecular flexibility index (Phi) is 4.13. The van der Waals surface area contributed by atoms with Crippen molar-refractivity contribution in [3.8, 4) is 0 Å². The lowest BCUT2D eigenvalue weighted by Gasteiger charge is -2.38. The van der Waals surface area contributed by atoms with Crippen molar-refractivity contribution in [1.82, 2.24) is 9.55 Å². The molecule has 2 aliphatic carbocycles. The fraction of sp³-hybridized carbons (Fsp3) is 0.167. The number of allylic oxidation sites excluding steroid dienone is 9. The first kappa shape index (κ1) is 16.0. The van der Waals surface area contributed by atoms with Crippen LogP contribution in [0.15, 0.2) is 83.1 Å². The van der Waals surface area contributed by atoms with Crippen molar-refractivity contribution in [3.63, 3.8) is 0 Å². The van der Waals surface area contributed by atoms with Crippen LogP contribution in [-0.2, 0) is 17.3 Å². The summed E-state index contributed by atoms with van der Waals surface area (Å²) < 4.78 is 14.9. The summed E-state index contributed by atoms with van der Waals surface area (Å²) >= 11 is 0. The van der Waals surface area contributed by atoms with Crippen molar-refractivity contribution >= 4 is 23.2 Å². The summed E-state index contributed by atoms with van der Waals surface area (Å²) in [7, 11) is -1.14. The van der Waals surface area contributed by atoms with Gasteiger partial charge >= 0.3 is 0 Å². The first-order valence-electron chi connectivity index (χ1n) is 7.27. The fourth-order valence-corrected chi connectivity index (χ4v) is 4.91. The molecule has 2 unspecified atom stereocenters. The topological polar surface area (TPSA) is 34.9 Å². The van der Waals surface area contributed by atoms with Crippen molar-refractivity contribution in [1.29, 1.82) is 0 Å². The van der Waals surface area contributed by atoms with Gasteiger partial charge < -0.3 is 4.57 Å². The highest BCUT2D eigenvalue weighted by atomic mass is 35.5. The van der Waals surface area contributed by atoms with E-state index in [9.17, 15) is 4.21 Å². The van der Waals surface area contributed by atoms with Crippen molar-refractivity contribution in [2.45, 2.75) is 18.2 Å². The maximum atomic E-state index is 13.4. The summed E-state index contributed by atoms with van der Waals surface area (Å²) in [5.74, 6) is 0.934. The van der Waals surface area contributed by atoms with E-state index in [0.717, 1.165) is 21.9 Å². The van der Waals surface area contributed by atoms with Crippen LogP contribution < -0.4 is 0 Å². The molecule has 118 valence electrons. The van der Waals surface area contributed by atoms with Crippen LogP contribution in [0.1, 0.15) is 5.82 Å². The first-order chi connectivity index (χ1) is 10.7. The number of aryl methyl sites for hydroxylation is 1. The molecule has 4 rings (SSSR count). The van der Waals surface area contributed by atoms with Gasteiger partial charge in [-0.25, -0.2) is 4.98 Å². The molecule has 23 heavy (non-hydrogen) atoms. The second kappa shape index (κ2) is 5.95. The molecule has 1 spiro atoms. The van der Waals surface area contributed by atoms with E-state index in [1.54, 1.807) is 6.20 Å². The van der Waals surface area contributed by atoms with E-state index in [2.05, 4.69) is 35.4 Å². The van der Waals surface area contributed by atoms with Gasteiger partial charge in [0.25, 0.3) is 0 Å². The zero-order chi connectivity index (χ0) is 15.2. The monoisotopic (exact) mass is 344 g/mol. The Hall–Kier alpha value is -1.91. The van der Waals surface area contributed by atoms with E-state index in [1.165, 1.54) is 0 Å². The van der Waals surface area contributed by atoms with Gasteiger partial charge in [0.15, 0.2) is 0 Å². The number of hydrogen-bond acceptors (Lipinski definition) is 2. The van der Waals surface area contributed by atoms with Crippen LogP contribution in [0.25, 0.3) is 0 Å². The van der Waals surface area contributed by atoms with Gasteiger partial charge in [-0.2, -0.15) is 0 Å². The average Bonchev–Trinajstić information content (AvgIpc) is 2.94. The Morgan fingerprint density at radius 3 is 2.70 bits per heavy atom. The molecule has 0 bridgehead atoms. The molecule has 3 aliphatic rings. The standard InChI is InChI=1S/C18H16N2OS.ClH/c1-14-19-11-12-20(14)13-17-9-8-16-7-4-6-15-5-2-3-10-18(15,16)22(17)21;/h2-12H,13H2,1H3;1H. The van der Waals surface area contributed by atoms with Crippen molar-refractivity contribution in [2.24, 2.45) is 0 Å². The molecule has 0 saturated carbocycles. The minimum atomic E-state index is -1.14. The van der Waals surface area contributed by atoms with E-state index in [-0.39, 0.29) is 12.4 Å². The van der Waals surface area contributed by atoms with E-state index < -0.39 is 15.5 Å². The fourth-order valence-electron chi connectivity index (χ4n) is 3.15. The summed E-state index contributed by atoms with van der Waals surface area (Å²) in [6, 6.07) is 0. The third-order valence-electron chi connectivity index (χ3n) is 4.36. The molecule has 0 aromatic carbocycles. The van der Waals surface area contributed by atoms with E-state index >= 15 is 0 Å². The quantitative estimate of drug-likeness (QED) is 0.822. The SMILES string of the molecule is Cc1nccn1CC1=CC=C2C=CC=C3C=CC=CC32S1=O.Cl. The lowest BCUT2D eigenvalue weighted by molar-refractivity contribution is 0.669. The van der Waals surface area contributed by atoms with Gasteiger partial charge in [0.2, 0.25) is 0 Å². The van der Waals surface area contributed by atoms with Crippen molar-refractivity contribution in [3.05, 3.63) is 89.0 Å². The van der Waals surface area contributed by atoms with Gasteiger partial charge in [-0.3, -0.25) is 4.21 Å². The molecule has 3 nitrogen and oxygen atoms in total. The summed E-state index contributed by atoms with van der Waals surface area (Å²) in [5.41, 5.74) is 2.19. The minimum absolute atomic E-state index is 0. The number of aromatic nitrogens is 2. The Labute approximate surface area is 144 Å². The summed E-state index contributed by atoms with van der Waals surface area (Å²) in [6.07, 6.45) is 22.1. The lowest BCUT2D eigenvalue weighted by atomic mass is 9.82. The third kappa shape index (κ3) is 2.33. The Morgan fingerprint density at radius 1 is 1.13 bits per heavy atom. The smallest absolute Gasteiger partial charge is 0.118 e. The van der Waals surface area contributed by atoms with Crippen molar-refractivity contribution in [2.75, 3.05) is 0 Å². The number of rotatable bonds is 2. The highest BCUT2D eigenvalue weighted by Gasteiger charge is 2.44. The zero-order valence-electron chi connectivity index (χ0n) is 12.7. The predicted molar refractivity (Wildman–Crippen MR) is 96.8 cm³/mol. The maximum Gasteiger partial charge on any atom is 0.118 e. The van der Waals surface area contributed by atoms with Gasteiger partial charge in [-0.1, -0.05) is 48.6 Å². The highest BCUT2D eigenvalue weighted by molar-refractivity contribution is 7.91. The summed E-state index contributed by atoms with van der Waals surface area (Å²) in [4.78, 5) is 5.16. The van der Waals surface area contributed by atoms with Crippen LogP contribution in [0.2, 0.25) is 0 Å². The second-order valence-electron chi connectivity index (χ2n) is 5.56. The molecule has 0 amide bonds. The minimum Gasteiger partial charge on any atom is -0.330 e. The second-order valence-corrected chi connectivity index (χ2v) is 7.27. The number of halogens is 1. The van der Waals surface area contributed by atoms with Crippen LogP contribution in [0.3, 0.4) is 0 Å². The maximum absolute atomic E-state index is 13.4. The van der Waals surface area contributed by atoms with Gasteiger partial charge in [0.1, 0.15) is 10.6 Å². The predicted octanol–water partition coefficient (Wildman–Crippen LogP) is 3.55. The zero-order valence-corrected chi connectivity index (χ0v) is 14.3. The van der Waals surface area contributed by atoms with Gasteiger partial charge in [0.05, 0.1) is 17.3 Å². The molecule has 2 atom stereocenters. The molecule has 1 aromatic rings. The molecule has 2 heterocycles. The molecular weight excluding hydrogens is 328 g/mol. The first-order valence-corrected chi connectivity index (χ1v) is 8.42. The van der Waals surface area contributed by atoms with Crippen LogP contribution in [0, 0.1) is 6.92 Å². The van der Waals surface area contributed by atoms with Crippen LogP contribution in [-0.4, -0.2) is 18.5 Å². The number of imidazole rings is 1. The largest absolute Gasteiger partial charge is 0.330 e.